The molecular formula is I3Sc-. The Hall–Kier alpha value is 3.06. The molecule has 0 aromatic rings. The molecule has 0 aliphatic rings. The Bertz CT molecular complexity index is 3.25. The topological polar surface area (TPSA) is 0 Å². The van der Waals surface area contributed by atoms with Crippen molar-refractivity contribution < 1.29 is 39.1 Å². The Labute approximate surface area is 74.3 Å². The van der Waals surface area contributed by atoms with E-state index in [0.29, 0.717) is 13.3 Å². The zero-order valence-corrected chi connectivity index (χ0v) is 9.99. The molecule has 0 N–H and O–H groups in total. The summed E-state index contributed by atoms with van der Waals surface area (Å²) in [5.74, 6) is 0. The van der Waals surface area contributed by atoms with Crippen LogP contribution < -0.4 is 13.3 Å². The van der Waals surface area contributed by atoms with Gasteiger partial charge in [0.1, 0.15) is 0 Å². The first-order valence-electron chi connectivity index (χ1n) is 0.286. The van der Waals surface area contributed by atoms with Crippen molar-refractivity contribution in [1.82, 2.24) is 0 Å². The standard InChI is InChI=1S/I3.Sc/c1-3-2;/q-1;. The van der Waals surface area contributed by atoms with E-state index < -0.39 is 0 Å². The van der Waals surface area contributed by atoms with Crippen LogP contribution in [0.4, 0.5) is 0 Å². The SMILES string of the molecule is I[I-]I.[Sc]. The van der Waals surface area contributed by atoms with Crippen LogP contribution in [0, 0.1) is 0 Å². The molecule has 0 aromatic heterocycles. The van der Waals surface area contributed by atoms with E-state index in [2.05, 4.69) is 37.2 Å². The maximum Gasteiger partial charge on any atom is 0 e. The number of halogens is 3. The van der Waals surface area contributed by atoms with E-state index in [0.717, 1.165) is 0 Å². The normalized spacial score (nSPS) is 5.50. The van der Waals surface area contributed by atoms with Crippen LogP contribution in [0.3, 0.4) is 0 Å². The predicted octanol–water partition coefficient (Wildman–Crippen LogP) is -1.23. The predicted molar refractivity (Wildman–Crippen MR) is 28.0 cm³/mol. The zero-order chi connectivity index (χ0) is 2.71. The first-order valence-corrected chi connectivity index (χ1v) is 12.9. The Kier molecular flexibility index (Phi) is 23.8. The van der Waals surface area contributed by atoms with E-state index in [9.17, 15) is 0 Å². The molecule has 4 heavy (non-hydrogen) atoms. The van der Waals surface area contributed by atoms with Gasteiger partial charge < -0.3 is 0 Å². The first-order chi connectivity index (χ1) is 1.41. The van der Waals surface area contributed by atoms with Crippen LogP contribution in [-0.4, -0.2) is 0 Å². The third-order valence-corrected chi connectivity index (χ3v) is 0. The van der Waals surface area contributed by atoms with Crippen LogP contribution in [0.5, 0.6) is 0 Å². The van der Waals surface area contributed by atoms with E-state index in [-0.39, 0.29) is 25.8 Å². The maximum absolute atomic E-state index is 2.39. The average Bonchev–Trinajstić information content (AvgIpc) is 0.918. The summed E-state index contributed by atoms with van der Waals surface area (Å²) in [6.45, 7) is 0. The van der Waals surface area contributed by atoms with Gasteiger partial charge in [-0.3, -0.25) is 0 Å². The monoisotopic (exact) mass is 426 g/mol. The maximum atomic E-state index is 2.39. The minimum absolute atomic E-state index is 0. The molecule has 0 fully saturated rings. The Balaban J connectivity index is 0. The van der Waals surface area contributed by atoms with E-state index in [1.807, 2.05) is 0 Å². The van der Waals surface area contributed by atoms with Crippen molar-refractivity contribution in [3.63, 3.8) is 0 Å². The molecule has 0 amide bonds. The average molecular weight is 426 g/mol. The molecule has 0 heterocycles. The van der Waals surface area contributed by atoms with E-state index in [1.165, 1.54) is 0 Å². The molecule has 0 atom stereocenters. The summed E-state index contributed by atoms with van der Waals surface area (Å²) in [6, 6.07) is 0. The fraction of sp³-hybridized carbons (Fsp3) is 0. The van der Waals surface area contributed by atoms with Gasteiger partial charge >= 0.3 is 50.5 Å². The van der Waals surface area contributed by atoms with Gasteiger partial charge in [-0.15, -0.1) is 0 Å². The summed E-state index contributed by atoms with van der Waals surface area (Å²) in [5, 5.41) is 0. The van der Waals surface area contributed by atoms with Crippen molar-refractivity contribution in [3.8, 4) is 0 Å². The van der Waals surface area contributed by atoms with E-state index in [4.69, 9.17) is 0 Å². The van der Waals surface area contributed by atoms with Crippen LogP contribution >= 0.6 is 37.2 Å². The van der Waals surface area contributed by atoms with Crippen molar-refractivity contribution in [3.05, 3.63) is 0 Å². The molecule has 0 aromatic carbocycles. The van der Waals surface area contributed by atoms with Crippen LogP contribution in [-0.2, 0) is 25.8 Å². The summed E-state index contributed by atoms with van der Waals surface area (Å²) >= 11 is 5.30. The van der Waals surface area contributed by atoms with Crippen LogP contribution in [0.25, 0.3) is 0 Å². The molecule has 0 rings (SSSR count). The van der Waals surface area contributed by atoms with Gasteiger partial charge in [0.2, 0.25) is 0 Å². The quantitative estimate of drug-likeness (QED) is 0.427. The molecule has 0 aliphatic carbocycles. The zero-order valence-electron chi connectivity index (χ0n) is 1.71. The Morgan fingerprint density at radius 2 is 1.25 bits per heavy atom. The van der Waals surface area contributed by atoms with Gasteiger partial charge in [0.15, 0.2) is 0 Å². The smallest absolute Gasteiger partial charge is 0 e. The van der Waals surface area contributed by atoms with Crippen LogP contribution in [0.15, 0.2) is 0 Å². The fourth-order valence-electron chi connectivity index (χ4n) is 0. The summed E-state index contributed by atoms with van der Waals surface area (Å²) in [4.78, 5) is 0. The second-order valence-electron chi connectivity index (χ2n) is 0.0540. The molecule has 0 saturated heterocycles. The number of hydrogen-bond acceptors (Lipinski definition) is 0. The fourth-order valence-corrected chi connectivity index (χ4v) is 0. The number of hydrogen-bond donors (Lipinski definition) is 0. The summed E-state index contributed by atoms with van der Waals surface area (Å²) in [5.41, 5.74) is 0. The third-order valence-electron chi connectivity index (χ3n) is 0. The van der Waals surface area contributed by atoms with Gasteiger partial charge in [0.05, 0.1) is 0 Å². The van der Waals surface area contributed by atoms with Gasteiger partial charge in [-0.2, -0.15) is 0 Å². The van der Waals surface area contributed by atoms with Crippen molar-refractivity contribution in [2.75, 3.05) is 0 Å². The van der Waals surface area contributed by atoms with Crippen LogP contribution in [0.1, 0.15) is 0 Å². The second-order valence-corrected chi connectivity index (χ2v) is 16.3. The molecular weight excluding hydrogens is 426 g/mol. The Morgan fingerprint density at radius 1 is 1.25 bits per heavy atom. The minimum Gasteiger partial charge on any atom is 0 e. The van der Waals surface area contributed by atoms with Crippen molar-refractivity contribution in [1.29, 1.82) is 0 Å². The molecule has 0 spiro atoms. The molecule has 25 valence electrons. The van der Waals surface area contributed by atoms with E-state index >= 15 is 0 Å². The second kappa shape index (κ2) is 9.41. The van der Waals surface area contributed by atoms with Crippen molar-refractivity contribution in [2.24, 2.45) is 0 Å². The largest absolute Gasteiger partial charge is 0 e. The van der Waals surface area contributed by atoms with Gasteiger partial charge in [-0.1, -0.05) is 0 Å². The Morgan fingerprint density at radius 3 is 1.25 bits per heavy atom. The molecule has 0 bridgehead atoms. The molecule has 0 aliphatic heterocycles. The summed E-state index contributed by atoms with van der Waals surface area (Å²) in [7, 11) is 0. The summed E-state index contributed by atoms with van der Waals surface area (Å²) < 4.78 is 0. The van der Waals surface area contributed by atoms with Gasteiger partial charge in [0.25, 0.3) is 0 Å². The molecule has 0 nitrogen and oxygen atoms in total. The summed E-state index contributed by atoms with van der Waals surface area (Å²) in [6.07, 6.45) is 0. The van der Waals surface area contributed by atoms with Crippen molar-refractivity contribution in [2.45, 2.75) is 0 Å². The van der Waals surface area contributed by atoms with E-state index in [1.54, 1.807) is 0 Å². The molecule has 1 radical (unpaired) electrons. The van der Waals surface area contributed by atoms with Gasteiger partial charge in [0, 0.05) is 25.8 Å². The van der Waals surface area contributed by atoms with Crippen LogP contribution in [0.2, 0.25) is 0 Å². The van der Waals surface area contributed by atoms with Crippen molar-refractivity contribution >= 4 is 37.2 Å². The number of rotatable bonds is 0. The van der Waals surface area contributed by atoms with Gasteiger partial charge in [-0.25, -0.2) is 0 Å². The molecule has 0 unspecified atom stereocenters. The molecule has 4 heteroatoms. The first kappa shape index (κ1) is 10.1. The third kappa shape index (κ3) is 8.91. The van der Waals surface area contributed by atoms with Gasteiger partial charge in [-0.05, 0) is 0 Å². The molecule has 0 saturated carbocycles. The minimum atomic E-state index is 0.